The van der Waals surface area contributed by atoms with Crippen molar-refractivity contribution in [3.05, 3.63) is 0 Å². The average Bonchev–Trinajstić information content (AvgIpc) is 2.05. The lowest BCUT2D eigenvalue weighted by molar-refractivity contribution is -0.128. The molecule has 0 aliphatic carbocycles. The van der Waals surface area contributed by atoms with Gasteiger partial charge in [0.25, 0.3) is 0 Å². The molecule has 1 aliphatic rings. The van der Waals surface area contributed by atoms with Crippen LogP contribution >= 0.6 is 0 Å². The largest absolute Gasteiger partial charge is 0.369 e. The normalized spacial score (nSPS) is 29.9. The summed E-state index contributed by atoms with van der Waals surface area (Å²) in [6.45, 7) is 2.46. The summed E-state index contributed by atoms with van der Waals surface area (Å²) in [5.41, 5.74) is 5.15. The van der Waals surface area contributed by atoms with Crippen LogP contribution in [0.1, 0.15) is 19.8 Å². The number of nitrogens with two attached hydrogens (primary N) is 1. The standard InChI is InChI=1S/C8H14N2O2/c1-6-2-3-7(8(9)12)4-10(6)5-11/h5-7H,2-4H2,1H3,(H2,9,12). The van der Waals surface area contributed by atoms with Crippen LogP contribution in [0.15, 0.2) is 0 Å². The minimum Gasteiger partial charge on any atom is -0.369 e. The van der Waals surface area contributed by atoms with Crippen molar-refractivity contribution in [3.63, 3.8) is 0 Å². The molecule has 0 aromatic rings. The zero-order valence-corrected chi connectivity index (χ0v) is 7.19. The SMILES string of the molecule is CC1CCC(C(N)=O)CN1C=O. The third-order valence-corrected chi connectivity index (χ3v) is 2.47. The molecule has 2 amide bonds. The van der Waals surface area contributed by atoms with Crippen molar-refractivity contribution in [2.45, 2.75) is 25.8 Å². The molecule has 0 aromatic carbocycles. The van der Waals surface area contributed by atoms with Crippen LogP contribution in [-0.4, -0.2) is 29.8 Å². The summed E-state index contributed by atoms with van der Waals surface area (Å²) in [7, 11) is 0. The van der Waals surface area contributed by atoms with Gasteiger partial charge in [0.2, 0.25) is 12.3 Å². The summed E-state index contributed by atoms with van der Waals surface area (Å²) in [5, 5.41) is 0. The van der Waals surface area contributed by atoms with Gasteiger partial charge in [0.15, 0.2) is 0 Å². The summed E-state index contributed by atoms with van der Waals surface area (Å²) in [6, 6.07) is 0.248. The van der Waals surface area contributed by atoms with Gasteiger partial charge in [-0.1, -0.05) is 0 Å². The van der Waals surface area contributed by atoms with Crippen molar-refractivity contribution in [2.75, 3.05) is 6.54 Å². The second-order valence-electron chi connectivity index (χ2n) is 3.33. The lowest BCUT2D eigenvalue weighted by Gasteiger charge is -2.33. The highest BCUT2D eigenvalue weighted by Crippen LogP contribution is 2.19. The third-order valence-electron chi connectivity index (χ3n) is 2.47. The number of carbonyl (C=O) groups is 2. The van der Waals surface area contributed by atoms with E-state index >= 15 is 0 Å². The molecular formula is C8H14N2O2. The van der Waals surface area contributed by atoms with Gasteiger partial charge in [-0.05, 0) is 19.8 Å². The Hall–Kier alpha value is -1.06. The summed E-state index contributed by atoms with van der Waals surface area (Å²) in [6.07, 6.45) is 2.47. The molecule has 1 fully saturated rings. The van der Waals surface area contributed by atoms with Crippen LogP contribution in [0.25, 0.3) is 0 Å². The van der Waals surface area contributed by atoms with E-state index in [-0.39, 0.29) is 17.9 Å². The molecule has 0 bridgehead atoms. The first-order valence-corrected chi connectivity index (χ1v) is 4.15. The van der Waals surface area contributed by atoms with Gasteiger partial charge in [0, 0.05) is 12.6 Å². The monoisotopic (exact) mass is 170 g/mol. The molecule has 1 rings (SSSR count). The van der Waals surface area contributed by atoms with Crippen LogP contribution in [0.2, 0.25) is 0 Å². The lowest BCUT2D eigenvalue weighted by atomic mass is 9.93. The van der Waals surface area contributed by atoms with Gasteiger partial charge in [-0.3, -0.25) is 9.59 Å². The fourth-order valence-corrected chi connectivity index (χ4v) is 1.51. The van der Waals surface area contributed by atoms with Crippen molar-refractivity contribution < 1.29 is 9.59 Å². The van der Waals surface area contributed by atoms with Crippen molar-refractivity contribution in [1.29, 1.82) is 0 Å². The van der Waals surface area contributed by atoms with Crippen LogP contribution in [0.3, 0.4) is 0 Å². The van der Waals surface area contributed by atoms with Gasteiger partial charge in [-0.2, -0.15) is 0 Å². The highest BCUT2D eigenvalue weighted by atomic mass is 16.1. The molecular weight excluding hydrogens is 156 g/mol. The van der Waals surface area contributed by atoms with E-state index in [4.69, 9.17) is 5.73 Å². The first-order chi connectivity index (χ1) is 5.65. The van der Waals surface area contributed by atoms with Crippen molar-refractivity contribution in [3.8, 4) is 0 Å². The summed E-state index contributed by atoms with van der Waals surface area (Å²) in [5.74, 6) is -0.444. The Balaban J connectivity index is 2.55. The van der Waals surface area contributed by atoms with Crippen molar-refractivity contribution in [1.82, 2.24) is 4.90 Å². The zero-order valence-electron chi connectivity index (χ0n) is 7.19. The molecule has 12 heavy (non-hydrogen) atoms. The van der Waals surface area contributed by atoms with Gasteiger partial charge < -0.3 is 10.6 Å². The average molecular weight is 170 g/mol. The molecule has 2 unspecified atom stereocenters. The predicted molar refractivity (Wildman–Crippen MR) is 44.2 cm³/mol. The first-order valence-electron chi connectivity index (χ1n) is 4.15. The molecule has 1 heterocycles. The molecule has 2 N–H and O–H groups in total. The summed E-state index contributed by atoms with van der Waals surface area (Å²) < 4.78 is 0. The number of nitrogens with zero attached hydrogens (tertiary/aromatic N) is 1. The Labute approximate surface area is 71.7 Å². The second-order valence-corrected chi connectivity index (χ2v) is 3.33. The zero-order chi connectivity index (χ0) is 9.14. The third kappa shape index (κ3) is 1.75. The first kappa shape index (κ1) is 9.03. The highest BCUT2D eigenvalue weighted by Gasteiger charge is 2.27. The van der Waals surface area contributed by atoms with E-state index in [1.807, 2.05) is 6.92 Å². The molecule has 0 saturated carbocycles. The number of amides is 2. The van der Waals surface area contributed by atoms with Crippen LogP contribution < -0.4 is 5.73 Å². The number of primary amides is 1. The molecule has 1 aliphatic heterocycles. The Kier molecular flexibility index (Phi) is 2.68. The molecule has 4 nitrogen and oxygen atoms in total. The van der Waals surface area contributed by atoms with E-state index in [1.54, 1.807) is 4.90 Å². The fourth-order valence-electron chi connectivity index (χ4n) is 1.51. The Bertz CT molecular complexity index is 193. The second kappa shape index (κ2) is 3.56. The number of piperidine rings is 1. The van der Waals surface area contributed by atoms with Gasteiger partial charge in [0.05, 0.1) is 5.92 Å². The lowest BCUT2D eigenvalue weighted by Crippen LogP contribution is -2.44. The van der Waals surface area contributed by atoms with E-state index in [0.29, 0.717) is 6.54 Å². The van der Waals surface area contributed by atoms with Crippen LogP contribution in [-0.2, 0) is 9.59 Å². The summed E-state index contributed by atoms with van der Waals surface area (Å²) in [4.78, 5) is 23.0. The molecule has 0 aromatic heterocycles. The molecule has 2 atom stereocenters. The minimum atomic E-state index is -0.297. The van der Waals surface area contributed by atoms with Crippen molar-refractivity contribution in [2.24, 2.45) is 11.7 Å². The quantitative estimate of drug-likeness (QED) is 0.580. The van der Waals surface area contributed by atoms with E-state index in [2.05, 4.69) is 0 Å². The number of hydrogen-bond donors (Lipinski definition) is 1. The Morgan fingerprint density at radius 3 is 2.75 bits per heavy atom. The predicted octanol–water partition coefficient (Wildman–Crippen LogP) is -0.271. The molecule has 0 radical (unpaired) electrons. The number of hydrogen-bond acceptors (Lipinski definition) is 2. The molecule has 68 valence electrons. The van der Waals surface area contributed by atoms with Crippen molar-refractivity contribution >= 4 is 12.3 Å². The van der Waals surface area contributed by atoms with Gasteiger partial charge >= 0.3 is 0 Å². The maximum Gasteiger partial charge on any atom is 0.222 e. The highest BCUT2D eigenvalue weighted by molar-refractivity contribution is 5.77. The van der Waals surface area contributed by atoms with Gasteiger partial charge in [-0.25, -0.2) is 0 Å². The van der Waals surface area contributed by atoms with E-state index < -0.39 is 0 Å². The minimum absolute atomic E-state index is 0.147. The Morgan fingerprint density at radius 1 is 1.58 bits per heavy atom. The van der Waals surface area contributed by atoms with E-state index in [1.165, 1.54) is 0 Å². The fraction of sp³-hybridized carbons (Fsp3) is 0.750. The number of rotatable bonds is 2. The molecule has 0 spiro atoms. The van der Waals surface area contributed by atoms with Gasteiger partial charge in [0.1, 0.15) is 0 Å². The Morgan fingerprint density at radius 2 is 2.25 bits per heavy atom. The van der Waals surface area contributed by atoms with E-state index in [0.717, 1.165) is 19.3 Å². The molecule has 1 saturated heterocycles. The topological polar surface area (TPSA) is 63.4 Å². The summed E-state index contributed by atoms with van der Waals surface area (Å²) >= 11 is 0. The number of carbonyl (C=O) groups excluding carboxylic acids is 2. The maximum absolute atomic E-state index is 10.8. The van der Waals surface area contributed by atoms with Crippen LogP contribution in [0, 0.1) is 5.92 Å². The van der Waals surface area contributed by atoms with Crippen LogP contribution in [0.4, 0.5) is 0 Å². The maximum atomic E-state index is 10.8. The van der Waals surface area contributed by atoms with E-state index in [9.17, 15) is 9.59 Å². The number of likely N-dealkylation sites (tertiary alicyclic amines) is 1. The van der Waals surface area contributed by atoms with Crippen LogP contribution in [0.5, 0.6) is 0 Å². The van der Waals surface area contributed by atoms with Gasteiger partial charge in [-0.15, -0.1) is 0 Å². The smallest absolute Gasteiger partial charge is 0.222 e. The molecule has 4 heteroatoms.